The lowest BCUT2D eigenvalue weighted by Gasteiger charge is -2.12. The van der Waals surface area contributed by atoms with Crippen molar-refractivity contribution in [2.24, 2.45) is 5.92 Å². The fourth-order valence-corrected chi connectivity index (χ4v) is 1.86. The first-order valence-corrected chi connectivity index (χ1v) is 5.96. The predicted octanol–water partition coefficient (Wildman–Crippen LogP) is 0.750. The van der Waals surface area contributed by atoms with Crippen LogP contribution in [0.2, 0.25) is 0 Å². The van der Waals surface area contributed by atoms with Crippen LogP contribution in [0.3, 0.4) is 0 Å². The molecule has 1 rings (SSSR count). The average molecular weight is 277 g/mol. The van der Waals surface area contributed by atoms with Gasteiger partial charge in [0.1, 0.15) is 11.6 Å². The summed E-state index contributed by atoms with van der Waals surface area (Å²) in [6.45, 7) is 5.32. The minimum absolute atomic E-state index is 0.0559. The molecular formula is C14H15NO5. The van der Waals surface area contributed by atoms with Gasteiger partial charge in [-0.1, -0.05) is 25.7 Å². The Bertz CT molecular complexity index is 530. The number of allylic oxidation sites excluding steroid dienone is 4. The molecule has 6 heteroatoms. The average Bonchev–Trinajstić information content (AvgIpc) is 2.65. The topological polar surface area (TPSA) is 80.8 Å². The summed E-state index contributed by atoms with van der Waals surface area (Å²) >= 11 is 0. The molecule has 0 radical (unpaired) electrons. The molecule has 0 aromatic rings. The summed E-state index contributed by atoms with van der Waals surface area (Å²) in [6, 6.07) is 0. The van der Waals surface area contributed by atoms with Gasteiger partial charge in [-0.05, 0) is 18.1 Å². The van der Waals surface area contributed by atoms with Gasteiger partial charge in [0, 0.05) is 0 Å². The van der Waals surface area contributed by atoms with Crippen molar-refractivity contribution in [2.45, 2.75) is 13.3 Å². The van der Waals surface area contributed by atoms with Crippen LogP contribution in [0.1, 0.15) is 13.3 Å². The van der Waals surface area contributed by atoms with E-state index in [4.69, 9.17) is 4.84 Å². The number of carbonyl (C=O) groups excluding carboxylic acids is 4. The van der Waals surface area contributed by atoms with Crippen LogP contribution in [0.25, 0.3) is 0 Å². The Morgan fingerprint density at radius 1 is 1.40 bits per heavy atom. The van der Waals surface area contributed by atoms with Crippen molar-refractivity contribution < 1.29 is 24.0 Å². The van der Waals surface area contributed by atoms with E-state index in [0.29, 0.717) is 12.0 Å². The molecule has 0 aromatic carbocycles. The van der Waals surface area contributed by atoms with Gasteiger partial charge in [0.15, 0.2) is 12.1 Å². The van der Waals surface area contributed by atoms with E-state index in [1.165, 1.54) is 13.2 Å². The van der Waals surface area contributed by atoms with Gasteiger partial charge < -0.3 is 0 Å². The first-order chi connectivity index (χ1) is 9.47. The van der Waals surface area contributed by atoms with Gasteiger partial charge in [-0.2, -0.15) is 5.06 Å². The molecule has 1 amide bonds. The summed E-state index contributed by atoms with van der Waals surface area (Å²) < 4.78 is 0. The fourth-order valence-electron chi connectivity index (χ4n) is 1.86. The number of hydrogen-bond donors (Lipinski definition) is 0. The Balaban J connectivity index is 3.13. The molecule has 0 aromatic heterocycles. The summed E-state index contributed by atoms with van der Waals surface area (Å²) in [5, 5.41) is 0.825. The lowest BCUT2D eigenvalue weighted by molar-refractivity contribution is -0.161. The van der Waals surface area contributed by atoms with Crippen LogP contribution in [0, 0.1) is 5.92 Å². The van der Waals surface area contributed by atoms with Gasteiger partial charge in [0.05, 0.1) is 7.11 Å². The van der Waals surface area contributed by atoms with Crippen molar-refractivity contribution in [3.63, 3.8) is 0 Å². The van der Waals surface area contributed by atoms with E-state index in [9.17, 15) is 19.2 Å². The van der Waals surface area contributed by atoms with Crippen LogP contribution in [0.15, 0.2) is 36.1 Å². The second-order valence-corrected chi connectivity index (χ2v) is 4.03. The van der Waals surface area contributed by atoms with Gasteiger partial charge in [-0.25, -0.2) is 0 Å². The highest BCUT2D eigenvalue weighted by Gasteiger charge is 2.44. The molecule has 1 heterocycles. The molecule has 1 aliphatic heterocycles. The van der Waals surface area contributed by atoms with E-state index in [0.717, 1.165) is 11.1 Å². The maximum atomic E-state index is 12.1. The Morgan fingerprint density at radius 2 is 2.05 bits per heavy atom. The summed E-state index contributed by atoms with van der Waals surface area (Å²) in [6.07, 6.45) is 4.67. The highest BCUT2D eigenvalue weighted by molar-refractivity contribution is 6.30. The van der Waals surface area contributed by atoms with Crippen molar-refractivity contribution in [3.05, 3.63) is 36.1 Å². The zero-order valence-corrected chi connectivity index (χ0v) is 11.3. The van der Waals surface area contributed by atoms with Gasteiger partial charge in [-0.15, -0.1) is 0 Å². The second-order valence-electron chi connectivity index (χ2n) is 4.03. The molecule has 1 atom stereocenters. The highest BCUT2D eigenvalue weighted by atomic mass is 16.7. The summed E-state index contributed by atoms with van der Waals surface area (Å²) in [7, 11) is 1.26. The molecular weight excluding hydrogens is 262 g/mol. The van der Waals surface area contributed by atoms with Gasteiger partial charge in [0.25, 0.3) is 5.91 Å². The highest BCUT2D eigenvalue weighted by Crippen LogP contribution is 2.29. The number of aldehydes is 1. The number of nitrogens with zero attached hydrogens (tertiary/aromatic N) is 1. The molecule has 1 saturated heterocycles. The van der Waals surface area contributed by atoms with Crippen LogP contribution in [0.4, 0.5) is 0 Å². The number of carbonyl (C=O) groups is 4. The normalized spacial score (nSPS) is 20.1. The zero-order valence-electron chi connectivity index (χ0n) is 11.3. The van der Waals surface area contributed by atoms with E-state index in [1.54, 1.807) is 6.08 Å². The molecule has 0 aliphatic carbocycles. The van der Waals surface area contributed by atoms with Crippen molar-refractivity contribution in [1.82, 2.24) is 5.06 Å². The monoisotopic (exact) mass is 277 g/mol. The van der Waals surface area contributed by atoms with Gasteiger partial charge in [0.2, 0.25) is 5.78 Å². The number of rotatable bonds is 6. The minimum Gasteiger partial charge on any atom is -0.294 e. The van der Waals surface area contributed by atoms with Crippen LogP contribution in [-0.2, 0) is 24.0 Å². The standard InChI is InChI=1S/C14H15NO5/c1-4-5-10(6-7-11(17)8-16)12-13(18)9(2)15(20-3)14(12)19/h5-8,12H,2,4H2,1,3H3. The maximum absolute atomic E-state index is 12.1. The number of Topliss-reactive ketones (excluding diaryl/α,β-unsaturated/α-hetero) is 1. The summed E-state index contributed by atoms with van der Waals surface area (Å²) in [4.78, 5) is 50.2. The van der Waals surface area contributed by atoms with Crippen molar-refractivity contribution in [3.8, 4) is 0 Å². The smallest absolute Gasteiger partial charge is 0.266 e. The first-order valence-electron chi connectivity index (χ1n) is 5.96. The lowest BCUT2D eigenvalue weighted by atomic mass is 9.94. The molecule has 0 saturated carbocycles. The lowest BCUT2D eigenvalue weighted by Crippen LogP contribution is -2.26. The Kier molecular flexibility index (Phi) is 5.28. The quantitative estimate of drug-likeness (QED) is 0.235. The summed E-state index contributed by atoms with van der Waals surface area (Å²) in [5.74, 6) is -2.88. The molecule has 1 aliphatic rings. The number of amides is 1. The number of hydrogen-bond acceptors (Lipinski definition) is 5. The molecule has 1 unspecified atom stereocenters. The van der Waals surface area contributed by atoms with Crippen molar-refractivity contribution >= 4 is 23.8 Å². The second kappa shape index (κ2) is 6.72. The van der Waals surface area contributed by atoms with Crippen LogP contribution < -0.4 is 0 Å². The van der Waals surface area contributed by atoms with E-state index < -0.39 is 23.4 Å². The van der Waals surface area contributed by atoms with Gasteiger partial charge in [-0.3, -0.25) is 24.0 Å². The van der Waals surface area contributed by atoms with Crippen LogP contribution in [0.5, 0.6) is 0 Å². The largest absolute Gasteiger partial charge is 0.294 e. The molecule has 0 bridgehead atoms. The maximum Gasteiger partial charge on any atom is 0.266 e. The zero-order chi connectivity index (χ0) is 15.3. The summed E-state index contributed by atoms with van der Waals surface area (Å²) in [5.41, 5.74) is 0.290. The van der Waals surface area contributed by atoms with Crippen molar-refractivity contribution in [2.75, 3.05) is 7.11 Å². The Morgan fingerprint density at radius 3 is 2.50 bits per heavy atom. The van der Waals surface area contributed by atoms with Crippen molar-refractivity contribution in [1.29, 1.82) is 0 Å². The van der Waals surface area contributed by atoms with E-state index >= 15 is 0 Å². The molecule has 6 nitrogen and oxygen atoms in total. The van der Waals surface area contributed by atoms with Crippen LogP contribution in [-0.4, -0.2) is 35.9 Å². The predicted molar refractivity (Wildman–Crippen MR) is 70.1 cm³/mol. The minimum atomic E-state index is -1.09. The van der Waals surface area contributed by atoms with Gasteiger partial charge >= 0.3 is 0 Å². The molecule has 0 spiro atoms. The first kappa shape index (κ1) is 15.7. The molecule has 20 heavy (non-hydrogen) atoms. The van der Waals surface area contributed by atoms with Crippen LogP contribution >= 0.6 is 0 Å². The number of hydroxylamine groups is 2. The molecule has 1 fully saturated rings. The third-order valence-corrected chi connectivity index (χ3v) is 2.75. The molecule has 0 N–H and O–H groups in total. The van der Waals surface area contributed by atoms with E-state index in [2.05, 4.69) is 6.58 Å². The Hall–Kier alpha value is -2.34. The Labute approximate surface area is 116 Å². The van der Waals surface area contributed by atoms with E-state index in [-0.39, 0.29) is 12.0 Å². The fraction of sp³-hybridized carbons (Fsp3) is 0.286. The number of ketones is 2. The molecule has 106 valence electrons. The third kappa shape index (κ3) is 2.97. The third-order valence-electron chi connectivity index (χ3n) is 2.75. The van der Waals surface area contributed by atoms with E-state index in [1.807, 2.05) is 6.92 Å². The SMILES string of the molecule is C=C1C(=O)C(C(C=CC(=O)C=O)=CCC)C(=O)N1OC.